The van der Waals surface area contributed by atoms with Crippen LogP contribution in [0.15, 0.2) is 84.6 Å². The Balaban J connectivity index is 1.98. The number of rotatable bonds is 7. The Morgan fingerprint density at radius 1 is 0.906 bits per heavy atom. The van der Waals surface area contributed by atoms with Gasteiger partial charge in [0.05, 0.1) is 12.0 Å². The number of anilines is 1. The summed E-state index contributed by atoms with van der Waals surface area (Å²) in [5.41, 5.74) is 1.54. The number of carbonyl (C=O) groups is 2. The summed E-state index contributed by atoms with van der Waals surface area (Å²) in [6.07, 6.45) is 0. The van der Waals surface area contributed by atoms with Gasteiger partial charge < -0.3 is 15.4 Å². The molecule has 8 nitrogen and oxygen atoms in total. The molecule has 8 heteroatoms. The van der Waals surface area contributed by atoms with Gasteiger partial charge >= 0.3 is 0 Å². The van der Waals surface area contributed by atoms with Crippen molar-refractivity contribution in [2.45, 2.75) is 6.92 Å². The van der Waals surface area contributed by atoms with Crippen LogP contribution in [0.5, 0.6) is 5.75 Å². The van der Waals surface area contributed by atoms with E-state index in [-0.39, 0.29) is 11.4 Å². The van der Waals surface area contributed by atoms with E-state index in [4.69, 9.17) is 4.74 Å². The molecule has 0 fully saturated rings. The number of nitro groups is 1. The molecule has 3 rings (SSSR count). The Hall–Kier alpha value is -4.46. The molecule has 0 unspecified atom stereocenters. The summed E-state index contributed by atoms with van der Waals surface area (Å²) >= 11 is 0. The summed E-state index contributed by atoms with van der Waals surface area (Å²) in [7, 11) is 1.54. The standard InChI is InChI=1S/C24H21N3O5/c1-16(18-9-6-10-20(15-18)27(30)31)22(26-23(28)17-7-4-3-5-8-17)24(29)25-19-11-13-21(32-2)14-12-19/h3-15H,1-2H3,(H,25,29)(H,26,28). The number of amides is 2. The molecule has 3 aromatic carbocycles. The Morgan fingerprint density at radius 2 is 1.56 bits per heavy atom. The Bertz CT molecular complexity index is 1170. The molecular formula is C24H21N3O5. The van der Waals surface area contributed by atoms with Gasteiger partial charge in [-0.05, 0) is 54.5 Å². The molecule has 0 heterocycles. The highest BCUT2D eigenvalue weighted by Gasteiger charge is 2.19. The van der Waals surface area contributed by atoms with Gasteiger partial charge in [-0.15, -0.1) is 0 Å². The van der Waals surface area contributed by atoms with Gasteiger partial charge in [-0.1, -0.05) is 30.3 Å². The molecule has 0 atom stereocenters. The average molecular weight is 431 g/mol. The van der Waals surface area contributed by atoms with Crippen molar-refractivity contribution in [2.24, 2.45) is 0 Å². The van der Waals surface area contributed by atoms with Gasteiger partial charge in [-0.2, -0.15) is 0 Å². The molecule has 0 spiro atoms. The van der Waals surface area contributed by atoms with E-state index < -0.39 is 16.7 Å². The topological polar surface area (TPSA) is 111 Å². The van der Waals surface area contributed by atoms with Gasteiger partial charge in [0.1, 0.15) is 11.4 Å². The van der Waals surface area contributed by atoms with E-state index in [2.05, 4.69) is 10.6 Å². The lowest BCUT2D eigenvalue weighted by molar-refractivity contribution is -0.384. The molecule has 32 heavy (non-hydrogen) atoms. The smallest absolute Gasteiger partial charge is 0.272 e. The number of nitro benzene ring substituents is 1. The van der Waals surface area contributed by atoms with Crippen LogP contribution in [0.4, 0.5) is 11.4 Å². The molecule has 162 valence electrons. The summed E-state index contributed by atoms with van der Waals surface area (Å²) < 4.78 is 5.12. The molecule has 0 bridgehead atoms. The molecular weight excluding hydrogens is 410 g/mol. The number of methoxy groups -OCH3 is 1. The fraction of sp³-hybridized carbons (Fsp3) is 0.0833. The van der Waals surface area contributed by atoms with Gasteiger partial charge in [-0.25, -0.2) is 0 Å². The highest BCUT2D eigenvalue weighted by atomic mass is 16.6. The lowest BCUT2D eigenvalue weighted by Gasteiger charge is -2.15. The average Bonchev–Trinajstić information content (AvgIpc) is 2.83. The number of nitrogens with one attached hydrogen (secondary N) is 2. The first kappa shape index (κ1) is 22.2. The predicted octanol–water partition coefficient (Wildman–Crippen LogP) is 4.40. The van der Waals surface area contributed by atoms with E-state index in [1.807, 2.05) is 0 Å². The number of nitrogens with zero attached hydrogens (tertiary/aromatic N) is 1. The molecule has 2 amide bonds. The van der Waals surface area contributed by atoms with Crippen LogP contribution in [0.1, 0.15) is 22.8 Å². The van der Waals surface area contributed by atoms with Crippen LogP contribution in [0.3, 0.4) is 0 Å². The van der Waals surface area contributed by atoms with Crippen LogP contribution < -0.4 is 15.4 Å². The summed E-state index contributed by atoms with van der Waals surface area (Å²) in [6, 6.07) is 21.0. The molecule has 3 aromatic rings. The Morgan fingerprint density at radius 3 is 2.19 bits per heavy atom. The van der Waals surface area contributed by atoms with E-state index in [0.29, 0.717) is 28.1 Å². The molecule has 0 saturated heterocycles. The van der Waals surface area contributed by atoms with Crippen molar-refractivity contribution in [2.75, 3.05) is 12.4 Å². The molecule has 0 aliphatic rings. The molecule has 0 radical (unpaired) electrons. The van der Waals surface area contributed by atoms with E-state index in [0.717, 1.165) is 0 Å². The van der Waals surface area contributed by atoms with Crippen LogP contribution >= 0.6 is 0 Å². The van der Waals surface area contributed by atoms with E-state index >= 15 is 0 Å². The second-order valence-corrected chi connectivity index (χ2v) is 6.81. The van der Waals surface area contributed by atoms with Gasteiger partial charge in [-0.3, -0.25) is 19.7 Å². The van der Waals surface area contributed by atoms with Gasteiger partial charge in [0, 0.05) is 23.4 Å². The highest BCUT2D eigenvalue weighted by Crippen LogP contribution is 2.23. The zero-order valence-corrected chi connectivity index (χ0v) is 17.5. The van der Waals surface area contributed by atoms with Crippen molar-refractivity contribution in [1.29, 1.82) is 0 Å². The first-order valence-corrected chi connectivity index (χ1v) is 9.66. The second-order valence-electron chi connectivity index (χ2n) is 6.81. The van der Waals surface area contributed by atoms with Crippen LogP contribution in [0.25, 0.3) is 5.57 Å². The van der Waals surface area contributed by atoms with Crippen molar-refractivity contribution in [3.8, 4) is 5.75 Å². The quantitative estimate of drug-likeness (QED) is 0.327. The maximum absolute atomic E-state index is 13.1. The minimum Gasteiger partial charge on any atom is -0.497 e. The fourth-order valence-corrected chi connectivity index (χ4v) is 2.96. The molecule has 0 aliphatic heterocycles. The number of hydrogen-bond donors (Lipinski definition) is 2. The maximum atomic E-state index is 13.1. The van der Waals surface area contributed by atoms with E-state index in [9.17, 15) is 19.7 Å². The van der Waals surface area contributed by atoms with Crippen molar-refractivity contribution < 1.29 is 19.2 Å². The minimum absolute atomic E-state index is 0.0184. The minimum atomic E-state index is -0.566. The number of ether oxygens (including phenoxy) is 1. The third-order valence-corrected chi connectivity index (χ3v) is 4.71. The predicted molar refractivity (Wildman–Crippen MR) is 121 cm³/mol. The summed E-state index contributed by atoms with van der Waals surface area (Å²) in [6.45, 7) is 1.62. The first-order valence-electron chi connectivity index (χ1n) is 9.66. The SMILES string of the molecule is COc1ccc(NC(=O)C(NC(=O)c2ccccc2)=C(C)c2cccc([N+](=O)[O-])c2)cc1. The molecule has 0 aromatic heterocycles. The number of hydrogen-bond acceptors (Lipinski definition) is 5. The number of allylic oxidation sites excluding steroid dienone is 1. The first-order chi connectivity index (χ1) is 15.4. The second kappa shape index (κ2) is 10.0. The summed E-state index contributed by atoms with van der Waals surface area (Å²) in [5.74, 6) is -0.414. The summed E-state index contributed by atoms with van der Waals surface area (Å²) in [4.78, 5) is 36.5. The molecule has 0 aliphatic carbocycles. The van der Waals surface area contributed by atoms with Crippen LogP contribution in [-0.4, -0.2) is 23.8 Å². The maximum Gasteiger partial charge on any atom is 0.272 e. The zero-order chi connectivity index (χ0) is 23.1. The molecule has 2 N–H and O–H groups in total. The molecule has 0 saturated carbocycles. The number of carbonyl (C=O) groups excluding carboxylic acids is 2. The largest absolute Gasteiger partial charge is 0.497 e. The fourth-order valence-electron chi connectivity index (χ4n) is 2.96. The normalized spacial score (nSPS) is 11.2. The summed E-state index contributed by atoms with van der Waals surface area (Å²) in [5, 5.41) is 16.6. The number of non-ortho nitro benzene ring substituents is 1. The van der Waals surface area contributed by atoms with E-state index in [1.54, 1.807) is 67.6 Å². The third kappa shape index (κ3) is 5.37. The van der Waals surface area contributed by atoms with Crippen molar-refractivity contribution in [1.82, 2.24) is 5.32 Å². The van der Waals surface area contributed by atoms with Crippen molar-refractivity contribution >= 4 is 28.8 Å². The lowest BCUT2D eigenvalue weighted by Crippen LogP contribution is -2.31. The van der Waals surface area contributed by atoms with E-state index in [1.165, 1.54) is 25.3 Å². The monoisotopic (exact) mass is 431 g/mol. The number of benzene rings is 3. The van der Waals surface area contributed by atoms with Crippen LogP contribution in [-0.2, 0) is 4.79 Å². The van der Waals surface area contributed by atoms with Crippen molar-refractivity contribution in [3.63, 3.8) is 0 Å². The Kier molecular flexibility index (Phi) is 6.97. The van der Waals surface area contributed by atoms with Gasteiger partial charge in [0.2, 0.25) is 0 Å². The van der Waals surface area contributed by atoms with Crippen molar-refractivity contribution in [3.05, 3.63) is 106 Å². The van der Waals surface area contributed by atoms with Crippen LogP contribution in [0, 0.1) is 10.1 Å². The lowest BCUT2D eigenvalue weighted by atomic mass is 10.0. The third-order valence-electron chi connectivity index (χ3n) is 4.71. The van der Waals surface area contributed by atoms with Gasteiger partial charge in [0.25, 0.3) is 17.5 Å². The zero-order valence-electron chi connectivity index (χ0n) is 17.5. The van der Waals surface area contributed by atoms with Gasteiger partial charge in [0.15, 0.2) is 0 Å². The van der Waals surface area contributed by atoms with Crippen LogP contribution in [0.2, 0.25) is 0 Å². The Labute approximate surface area is 184 Å². The highest BCUT2D eigenvalue weighted by molar-refractivity contribution is 6.12.